The average molecular weight is 517 g/mol. The van der Waals surface area contributed by atoms with Crippen LogP contribution in [0.25, 0.3) is 22.4 Å². The number of benzene rings is 3. The summed E-state index contributed by atoms with van der Waals surface area (Å²) >= 11 is 6.16. The van der Waals surface area contributed by atoms with E-state index in [0.29, 0.717) is 30.2 Å². The van der Waals surface area contributed by atoms with Crippen molar-refractivity contribution >= 4 is 11.6 Å². The Morgan fingerprint density at radius 1 is 1.14 bits per heavy atom. The maximum atomic E-state index is 15.4. The number of alkyl halides is 1. The summed E-state index contributed by atoms with van der Waals surface area (Å²) in [6.45, 7) is 5.09. The monoisotopic (exact) mass is 516 g/mol. The molecule has 1 N–H and O–H groups in total. The van der Waals surface area contributed by atoms with Crippen molar-refractivity contribution in [2.45, 2.75) is 32.0 Å². The predicted molar refractivity (Wildman–Crippen MR) is 142 cm³/mol. The van der Waals surface area contributed by atoms with Crippen LogP contribution in [0.4, 0.5) is 8.78 Å². The largest absolute Gasteiger partial charge is 0.298 e. The van der Waals surface area contributed by atoms with Crippen molar-refractivity contribution in [1.29, 1.82) is 5.26 Å². The van der Waals surface area contributed by atoms with Gasteiger partial charge in [0.2, 0.25) is 0 Å². The summed E-state index contributed by atoms with van der Waals surface area (Å²) in [5.74, 6) is -1.02. The molecule has 1 fully saturated rings. The highest BCUT2D eigenvalue weighted by Crippen LogP contribution is 2.43. The Bertz CT molecular complexity index is 1430. The lowest BCUT2D eigenvalue weighted by molar-refractivity contribution is 0.0213. The number of nitrogens with zero attached hydrogens (tertiary/aromatic N) is 3. The fraction of sp³-hybridized carbons (Fsp3) is 0.267. The van der Waals surface area contributed by atoms with Gasteiger partial charge in [-0.25, -0.2) is 8.78 Å². The second-order valence-corrected chi connectivity index (χ2v) is 10.6. The van der Waals surface area contributed by atoms with Crippen LogP contribution in [0.15, 0.2) is 72.9 Å². The number of rotatable bonds is 7. The lowest BCUT2D eigenvalue weighted by atomic mass is 9.72. The number of nitrogens with one attached hydrogen (secondary N) is 1. The standard InChI is InChI=1S/C30H27ClF2N4/c1-30(2,33)29(22-12-19(15-34)13-25(32)14-22)23-17-37(18-23)16-21-4-3-5-26(27-10-11-35-36-27)28(21)20-6-8-24(31)9-7-20/h3-14,23,29H,16-18H2,1-2H3,(H,35,36)/t29-/m1/s1. The van der Waals surface area contributed by atoms with Gasteiger partial charge < -0.3 is 0 Å². The van der Waals surface area contributed by atoms with Gasteiger partial charge in [-0.2, -0.15) is 10.4 Å². The smallest absolute Gasteiger partial charge is 0.124 e. The van der Waals surface area contributed by atoms with Gasteiger partial charge >= 0.3 is 0 Å². The number of hydrogen-bond acceptors (Lipinski definition) is 3. The van der Waals surface area contributed by atoms with Gasteiger partial charge in [0.25, 0.3) is 0 Å². The average Bonchev–Trinajstić information content (AvgIpc) is 3.37. The molecule has 1 aliphatic rings. The van der Waals surface area contributed by atoms with Crippen molar-refractivity contribution < 1.29 is 8.78 Å². The minimum Gasteiger partial charge on any atom is -0.298 e. The molecule has 0 bridgehead atoms. The van der Waals surface area contributed by atoms with Crippen LogP contribution in [-0.4, -0.2) is 33.9 Å². The zero-order chi connectivity index (χ0) is 26.2. The van der Waals surface area contributed by atoms with Gasteiger partial charge in [-0.3, -0.25) is 10.00 Å². The number of aromatic nitrogens is 2. The minimum absolute atomic E-state index is 0.00288. The molecule has 0 radical (unpaired) electrons. The second-order valence-electron chi connectivity index (χ2n) is 10.2. The second kappa shape index (κ2) is 10.1. The number of nitriles is 1. The van der Waals surface area contributed by atoms with Crippen molar-refractivity contribution in [3.8, 4) is 28.5 Å². The molecule has 0 aliphatic carbocycles. The van der Waals surface area contributed by atoms with Crippen LogP contribution in [0.5, 0.6) is 0 Å². The summed E-state index contributed by atoms with van der Waals surface area (Å²) in [6, 6.07) is 22.1. The molecule has 37 heavy (non-hydrogen) atoms. The third kappa shape index (κ3) is 5.29. The van der Waals surface area contributed by atoms with Crippen molar-refractivity contribution in [3.05, 3.63) is 100 Å². The number of halogens is 3. The molecule has 4 nitrogen and oxygen atoms in total. The molecule has 1 aromatic heterocycles. The first-order chi connectivity index (χ1) is 17.7. The summed E-state index contributed by atoms with van der Waals surface area (Å²) < 4.78 is 29.6. The molecule has 1 saturated heterocycles. The summed E-state index contributed by atoms with van der Waals surface area (Å²) in [7, 11) is 0. The number of aromatic amines is 1. The number of likely N-dealkylation sites (tertiary alicyclic amines) is 1. The van der Waals surface area contributed by atoms with Gasteiger partial charge in [0.15, 0.2) is 0 Å². The first kappa shape index (κ1) is 25.1. The van der Waals surface area contributed by atoms with E-state index in [-0.39, 0.29) is 11.5 Å². The van der Waals surface area contributed by atoms with E-state index >= 15 is 4.39 Å². The Morgan fingerprint density at radius 3 is 2.54 bits per heavy atom. The van der Waals surface area contributed by atoms with Crippen molar-refractivity contribution in [1.82, 2.24) is 15.1 Å². The highest BCUT2D eigenvalue weighted by molar-refractivity contribution is 6.30. The Kier molecular flexibility index (Phi) is 6.85. The van der Waals surface area contributed by atoms with Crippen LogP contribution in [0.2, 0.25) is 5.02 Å². The molecular formula is C30H27ClF2N4. The molecule has 5 rings (SSSR count). The quantitative estimate of drug-likeness (QED) is 0.279. The van der Waals surface area contributed by atoms with Crippen molar-refractivity contribution in [2.75, 3.05) is 13.1 Å². The minimum atomic E-state index is -1.56. The molecule has 1 aliphatic heterocycles. The van der Waals surface area contributed by atoms with Crippen LogP contribution < -0.4 is 0 Å². The summed E-state index contributed by atoms with van der Waals surface area (Å²) in [6.07, 6.45) is 1.73. The van der Waals surface area contributed by atoms with Crippen LogP contribution in [-0.2, 0) is 6.54 Å². The number of hydrogen-bond donors (Lipinski definition) is 1. The summed E-state index contributed by atoms with van der Waals surface area (Å²) in [5, 5.41) is 17.1. The zero-order valence-electron chi connectivity index (χ0n) is 20.7. The third-order valence-corrected chi connectivity index (χ3v) is 7.33. The Labute approximate surface area is 220 Å². The Hall–Kier alpha value is -3.53. The molecule has 2 heterocycles. The van der Waals surface area contributed by atoms with Crippen LogP contribution >= 0.6 is 11.6 Å². The van der Waals surface area contributed by atoms with Gasteiger partial charge in [0.1, 0.15) is 11.5 Å². The lowest BCUT2D eigenvalue weighted by Gasteiger charge is -2.47. The summed E-state index contributed by atoms with van der Waals surface area (Å²) in [5.41, 5.74) is 4.44. The van der Waals surface area contributed by atoms with Gasteiger partial charge in [-0.15, -0.1) is 0 Å². The SMILES string of the molecule is CC(C)(F)[C@H](c1cc(F)cc(C#N)c1)C1CN(Cc2cccc(-c3ccn[nH]3)c2-c2ccc(Cl)cc2)C1. The normalized spacial score (nSPS) is 15.2. The topological polar surface area (TPSA) is 55.7 Å². The van der Waals surface area contributed by atoms with E-state index in [0.717, 1.165) is 27.9 Å². The van der Waals surface area contributed by atoms with Crippen LogP contribution in [0.3, 0.4) is 0 Å². The zero-order valence-corrected chi connectivity index (χ0v) is 21.4. The first-order valence-electron chi connectivity index (χ1n) is 12.2. The van der Waals surface area contributed by atoms with E-state index in [4.69, 9.17) is 11.6 Å². The third-order valence-electron chi connectivity index (χ3n) is 7.07. The fourth-order valence-electron chi connectivity index (χ4n) is 5.60. The van der Waals surface area contributed by atoms with Crippen LogP contribution in [0.1, 0.15) is 36.5 Å². The highest BCUT2D eigenvalue weighted by atomic mass is 35.5. The number of H-pyrrole nitrogens is 1. The van der Waals surface area contributed by atoms with Crippen LogP contribution in [0, 0.1) is 23.1 Å². The van der Waals surface area contributed by atoms with E-state index in [1.54, 1.807) is 12.3 Å². The molecule has 3 aromatic carbocycles. The van der Waals surface area contributed by atoms with Crippen molar-refractivity contribution in [3.63, 3.8) is 0 Å². The van der Waals surface area contributed by atoms with E-state index in [1.165, 1.54) is 26.0 Å². The van der Waals surface area contributed by atoms with E-state index in [1.807, 2.05) is 42.5 Å². The van der Waals surface area contributed by atoms with Gasteiger partial charge in [-0.1, -0.05) is 41.9 Å². The molecule has 0 amide bonds. The predicted octanol–water partition coefficient (Wildman–Crippen LogP) is 7.37. The van der Waals surface area contributed by atoms with Gasteiger partial charge in [-0.05, 0) is 78.4 Å². The fourth-order valence-corrected chi connectivity index (χ4v) is 5.72. The van der Waals surface area contributed by atoms with Crippen molar-refractivity contribution in [2.24, 2.45) is 5.92 Å². The first-order valence-corrected chi connectivity index (χ1v) is 12.6. The van der Waals surface area contributed by atoms with E-state index in [9.17, 15) is 9.65 Å². The molecule has 0 unspecified atom stereocenters. The molecule has 1 atom stereocenters. The molecule has 0 spiro atoms. The molecule has 4 aromatic rings. The molecule has 0 saturated carbocycles. The highest BCUT2D eigenvalue weighted by Gasteiger charge is 2.43. The molecule has 7 heteroatoms. The Balaban J connectivity index is 1.42. The van der Waals surface area contributed by atoms with E-state index in [2.05, 4.69) is 27.2 Å². The maximum absolute atomic E-state index is 15.4. The summed E-state index contributed by atoms with van der Waals surface area (Å²) in [4.78, 5) is 2.28. The Morgan fingerprint density at radius 2 is 1.89 bits per heavy atom. The maximum Gasteiger partial charge on any atom is 0.124 e. The van der Waals surface area contributed by atoms with Gasteiger partial charge in [0, 0.05) is 42.3 Å². The molecular weight excluding hydrogens is 490 g/mol. The molecule has 188 valence electrons. The lowest BCUT2D eigenvalue weighted by Crippen LogP contribution is -2.52. The van der Waals surface area contributed by atoms with E-state index < -0.39 is 17.4 Å². The van der Waals surface area contributed by atoms with Gasteiger partial charge in [0.05, 0.1) is 17.3 Å².